The minimum Gasteiger partial charge on any atom is -0.455 e. The third-order valence-corrected chi connectivity index (χ3v) is 10.5. The van der Waals surface area contributed by atoms with Crippen LogP contribution < -0.4 is 0 Å². The van der Waals surface area contributed by atoms with Crippen molar-refractivity contribution in [1.82, 2.24) is 15.0 Å². The van der Waals surface area contributed by atoms with Crippen LogP contribution in [0.1, 0.15) is 0 Å². The van der Waals surface area contributed by atoms with Gasteiger partial charge in [0.1, 0.15) is 11.2 Å². The molecule has 9 aromatic carbocycles. The number of benzene rings is 9. The van der Waals surface area contributed by atoms with Crippen LogP contribution >= 0.6 is 0 Å². The van der Waals surface area contributed by atoms with Gasteiger partial charge in [-0.1, -0.05) is 164 Å². The van der Waals surface area contributed by atoms with E-state index >= 15 is 0 Å². The van der Waals surface area contributed by atoms with Gasteiger partial charge in [-0.15, -0.1) is 0 Å². The Hall–Kier alpha value is -7.17. The van der Waals surface area contributed by atoms with Crippen molar-refractivity contribution in [2.45, 2.75) is 0 Å². The Labute approximate surface area is 304 Å². The highest BCUT2D eigenvalue weighted by atomic mass is 16.3. The molecule has 11 rings (SSSR count). The first kappa shape index (κ1) is 29.5. The first-order valence-electron chi connectivity index (χ1n) is 17.9. The summed E-state index contributed by atoms with van der Waals surface area (Å²) in [6.45, 7) is 0. The Balaban J connectivity index is 1.14. The molecule has 4 nitrogen and oxygen atoms in total. The predicted octanol–water partition coefficient (Wildman–Crippen LogP) is 13.1. The van der Waals surface area contributed by atoms with Crippen LogP contribution in [0.25, 0.3) is 110 Å². The second-order valence-corrected chi connectivity index (χ2v) is 13.5. The Morgan fingerprint density at radius 3 is 1.74 bits per heavy atom. The molecule has 0 aliphatic carbocycles. The Kier molecular flexibility index (Phi) is 6.52. The lowest BCUT2D eigenvalue weighted by Gasteiger charge is -2.11. The summed E-state index contributed by atoms with van der Waals surface area (Å²) in [6.07, 6.45) is 0. The zero-order valence-corrected chi connectivity index (χ0v) is 28.5. The number of hydrogen-bond acceptors (Lipinski definition) is 4. The monoisotopic (exact) mass is 675 g/mol. The van der Waals surface area contributed by atoms with Gasteiger partial charge < -0.3 is 4.42 Å². The van der Waals surface area contributed by atoms with Gasteiger partial charge >= 0.3 is 0 Å². The van der Waals surface area contributed by atoms with Crippen LogP contribution in [0.3, 0.4) is 0 Å². The molecule has 0 aliphatic heterocycles. The van der Waals surface area contributed by atoms with Gasteiger partial charge in [-0.2, -0.15) is 0 Å². The minimum absolute atomic E-state index is 0.599. The molecule has 0 bridgehead atoms. The summed E-state index contributed by atoms with van der Waals surface area (Å²) in [5.74, 6) is 1.84. The van der Waals surface area contributed by atoms with E-state index in [0.29, 0.717) is 17.5 Å². The van der Waals surface area contributed by atoms with Crippen LogP contribution in [0.4, 0.5) is 0 Å². The quantitative estimate of drug-likeness (QED) is 0.174. The van der Waals surface area contributed by atoms with E-state index in [1.54, 1.807) is 0 Å². The third kappa shape index (κ3) is 4.73. The summed E-state index contributed by atoms with van der Waals surface area (Å²) < 4.78 is 6.73. The highest BCUT2D eigenvalue weighted by Gasteiger charge is 2.20. The minimum atomic E-state index is 0.599. The van der Waals surface area contributed by atoms with Crippen molar-refractivity contribution >= 4 is 65.0 Å². The van der Waals surface area contributed by atoms with Gasteiger partial charge in [-0.25, -0.2) is 15.0 Å². The van der Waals surface area contributed by atoms with Crippen LogP contribution in [0, 0.1) is 0 Å². The number of fused-ring (bicyclic) bond motifs is 9. The van der Waals surface area contributed by atoms with E-state index in [2.05, 4.69) is 133 Å². The fourth-order valence-electron chi connectivity index (χ4n) is 8.01. The summed E-state index contributed by atoms with van der Waals surface area (Å²) in [5, 5.41) is 11.6. The molecular weight excluding hydrogens is 647 g/mol. The fourth-order valence-corrected chi connectivity index (χ4v) is 8.01. The summed E-state index contributed by atoms with van der Waals surface area (Å²) in [7, 11) is 0. The topological polar surface area (TPSA) is 51.8 Å². The summed E-state index contributed by atoms with van der Waals surface area (Å²) in [6, 6.07) is 61.6. The molecule has 0 saturated heterocycles. The molecule has 4 heteroatoms. The third-order valence-electron chi connectivity index (χ3n) is 10.5. The lowest BCUT2D eigenvalue weighted by molar-refractivity contribution is 0.670. The van der Waals surface area contributed by atoms with Crippen LogP contribution in [0.5, 0.6) is 0 Å². The maximum atomic E-state index is 6.73. The molecule has 53 heavy (non-hydrogen) atoms. The number of furan rings is 1. The van der Waals surface area contributed by atoms with Gasteiger partial charge in [-0.05, 0) is 60.8 Å². The van der Waals surface area contributed by atoms with Crippen molar-refractivity contribution in [3.05, 3.63) is 176 Å². The maximum Gasteiger partial charge on any atom is 0.164 e. The summed E-state index contributed by atoms with van der Waals surface area (Å²) >= 11 is 0. The van der Waals surface area contributed by atoms with Gasteiger partial charge in [-0.3, -0.25) is 0 Å². The molecule has 246 valence electrons. The zero-order valence-electron chi connectivity index (χ0n) is 28.5. The molecule has 11 aromatic rings. The Morgan fingerprint density at radius 1 is 0.321 bits per heavy atom. The standard InChI is InChI=1S/C49H29N3O/c1-2-13-33(14-3-1)47-50-48(34-24-23-32-26-27-38-36-17-7-5-12-31(36)25-28-39(38)43(32)29-34)52-49(51-47)42-21-10-22-44-45(42)41-20-9-19-40(46(41)53-44)37-18-8-15-30-11-4-6-16-35(30)37/h1-29H. The van der Waals surface area contributed by atoms with Crippen LogP contribution in [-0.2, 0) is 0 Å². The van der Waals surface area contributed by atoms with Crippen molar-refractivity contribution in [2.75, 3.05) is 0 Å². The van der Waals surface area contributed by atoms with Crippen LogP contribution in [-0.4, -0.2) is 15.0 Å². The van der Waals surface area contributed by atoms with Gasteiger partial charge in [0.25, 0.3) is 0 Å². The second-order valence-electron chi connectivity index (χ2n) is 13.5. The van der Waals surface area contributed by atoms with Gasteiger partial charge in [0.2, 0.25) is 0 Å². The number of hydrogen-bond donors (Lipinski definition) is 0. The largest absolute Gasteiger partial charge is 0.455 e. The highest BCUT2D eigenvalue weighted by Crippen LogP contribution is 2.42. The van der Waals surface area contributed by atoms with Gasteiger partial charge in [0, 0.05) is 33.0 Å². The van der Waals surface area contributed by atoms with E-state index in [1.165, 1.54) is 37.7 Å². The van der Waals surface area contributed by atoms with Crippen LogP contribution in [0.15, 0.2) is 180 Å². The zero-order chi connectivity index (χ0) is 34.9. The molecule has 0 radical (unpaired) electrons. The summed E-state index contributed by atoms with van der Waals surface area (Å²) in [5.41, 5.74) is 6.59. The molecule has 0 spiro atoms. The Bertz CT molecular complexity index is 3230. The molecule has 0 aliphatic rings. The second kappa shape index (κ2) is 11.7. The molecule has 0 unspecified atom stereocenters. The normalized spacial score (nSPS) is 11.8. The first-order valence-corrected chi connectivity index (χ1v) is 17.9. The van der Waals surface area contributed by atoms with E-state index in [4.69, 9.17) is 19.4 Å². The lowest BCUT2D eigenvalue weighted by Crippen LogP contribution is -2.00. The molecule has 0 atom stereocenters. The van der Waals surface area contributed by atoms with Crippen molar-refractivity contribution < 1.29 is 4.42 Å². The van der Waals surface area contributed by atoms with Gasteiger partial charge in [0.05, 0.1) is 0 Å². The Morgan fingerprint density at radius 2 is 0.887 bits per heavy atom. The van der Waals surface area contributed by atoms with E-state index in [0.717, 1.165) is 55.1 Å². The van der Waals surface area contributed by atoms with E-state index < -0.39 is 0 Å². The molecule has 2 heterocycles. The first-order chi connectivity index (χ1) is 26.3. The molecular formula is C49H29N3O. The number of aromatic nitrogens is 3. The van der Waals surface area contributed by atoms with Crippen molar-refractivity contribution in [2.24, 2.45) is 0 Å². The number of rotatable bonds is 4. The van der Waals surface area contributed by atoms with E-state index in [-0.39, 0.29) is 0 Å². The van der Waals surface area contributed by atoms with Crippen molar-refractivity contribution in [3.8, 4) is 45.3 Å². The van der Waals surface area contributed by atoms with E-state index in [9.17, 15) is 0 Å². The number of para-hydroxylation sites is 1. The fraction of sp³-hybridized carbons (Fsp3) is 0. The average molecular weight is 676 g/mol. The maximum absolute atomic E-state index is 6.73. The molecule has 2 aromatic heterocycles. The predicted molar refractivity (Wildman–Crippen MR) is 219 cm³/mol. The van der Waals surface area contributed by atoms with Gasteiger partial charge in [0.15, 0.2) is 17.5 Å². The average Bonchev–Trinajstić information content (AvgIpc) is 3.62. The van der Waals surface area contributed by atoms with Crippen LogP contribution in [0.2, 0.25) is 0 Å². The highest BCUT2D eigenvalue weighted by molar-refractivity contribution is 6.18. The lowest BCUT2D eigenvalue weighted by atomic mass is 9.96. The molecule has 0 amide bonds. The SMILES string of the molecule is c1ccc(-c2nc(-c3ccc4ccc5c6ccccc6ccc5c4c3)nc(-c3cccc4oc5c(-c6cccc7ccccc67)cccc5c34)n2)cc1. The van der Waals surface area contributed by atoms with Crippen molar-refractivity contribution in [1.29, 1.82) is 0 Å². The smallest absolute Gasteiger partial charge is 0.164 e. The molecule has 0 saturated carbocycles. The summed E-state index contributed by atoms with van der Waals surface area (Å²) in [4.78, 5) is 15.5. The number of nitrogens with zero attached hydrogens (tertiary/aromatic N) is 3. The molecule has 0 fully saturated rings. The molecule has 0 N–H and O–H groups in total. The van der Waals surface area contributed by atoms with Crippen molar-refractivity contribution in [3.63, 3.8) is 0 Å². The van der Waals surface area contributed by atoms with E-state index in [1.807, 2.05) is 42.5 Å².